The lowest BCUT2D eigenvalue weighted by Crippen LogP contribution is -2.49. The van der Waals surface area contributed by atoms with Crippen LogP contribution in [0.3, 0.4) is 0 Å². The second-order valence-electron chi connectivity index (χ2n) is 7.05. The number of halogens is 1. The molecule has 1 heterocycles. The fourth-order valence-corrected chi connectivity index (χ4v) is 4.83. The number of ether oxygens (including phenoxy) is 1. The Morgan fingerprint density at radius 2 is 2.07 bits per heavy atom. The van der Waals surface area contributed by atoms with Crippen LogP contribution in [0.5, 0.6) is 0 Å². The molecule has 28 heavy (non-hydrogen) atoms. The highest BCUT2D eigenvalue weighted by atomic mass is 127. The average Bonchev–Trinajstić information content (AvgIpc) is 3.14. The van der Waals surface area contributed by atoms with Crippen LogP contribution in [0.2, 0.25) is 0 Å². The highest BCUT2D eigenvalue weighted by Gasteiger charge is 2.34. The van der Waals surface area contributed by atoms with Crippen LogP contribution >= 0.6 is 24.0 Å². The number of aliphatic hydroxyl groups excluding tert-OH is 1. The zero-order chi connectivity index (χ0) is 19.8. The molecule has 1 fully saturated rings. The van der Waals surface area contributed by atoms with Gasteiger partial charge in [-0.15, -0.1) is 24.0 Å². The van der Waals surface area contributed by atoms with E-state index >= 15 is 0 Å². The minimum absolute atomic E-state index is 0. The van der Waals surface area contributed by atoms with E-state index in [1.54, 1.807) is 37.4 Å². The van der Waals surface area contributed by atoms with Gasteiger partial charge >= 0.3 is 0 Å². The van der Waals surface area contributed by atoms with Crippen LogP contribution < -0.4 is 10.6 Å². The fraction of sp³-hybridized carbons (Fsp3) is 0.632. The number of guanidine groups is 1. The summed E-state index contributed by atoms with van der Waals surface area (Å²) in [6.45, 7) is 3.99. The van der Waals surface area contributed by atoms with Gasteiger partial charge in [0.25, 0.3) is 0 Å². The van der Waals surface area contributed by atoms with Crippen LogP contribution in [-0.2, 0) is 14.6 Å². The Hall–Kier alpha value is -0.910. The lowest BCUT2D eigenvalue weighted by molar-refractivity contribution is 0.127. The van der Waals surface area contributed by atoms with Crippen molar-refractivity contribution in [3.8, 4) is 0 Å². The monoisotopic (exact) mass is 525 g/mol. The van der Waals surface area contributed by atoms with Crippen LogP contribution in [0.4, 0.5) is 0 Å². The molecule has 1 aliphatic heterocycles. The van der Waals surface area contributed by atoms with E-state index < -0.39 is 9.84 Å². The van der Waals surface area contributed by atoms with E-state index in [1.807, 2.05) is 6.92 Å². The lowest BCUT2D eigenvalue weighted by atomic mass is 9.84. The van der Waals surface area contributed by atoms with Crippen LogP contribution in [-0.4, -0.2) is 64.7 Å². The van der Waals surface area contributed by atoms with Gasteiger partial charge < -0.3 is 20.5 Å². The van der Waals surface area contributed by atoms with Crippen LogP contribution in [0, 0.1) is 5.41 Å². The zero-order valence-electron chi connectivity index (χ0n) is 16.6. The van der Waals surface area contributed by atoms with E-state index in [9.17, 15) is 13.5 Å². The Morgan fingerprint density at radius 1 is 1.36 bits per heavy atom. The highest BCUT2D eigenvalue weighted by molar-refractivity contribution is 14.0. The van der Waals surface area contributed by atoms with Crippen LogP contribution in [0.1, 0.15) is 26.2 Å². The summed E-state index contributed by atoms with van der Waals surface area (Å²) in [6, 6.07) is 8.24. The maximum absolute atomic E-state index is 12.6. The minimum atomic E-state index is -3.38. The van der Waals surface area contributed by atoms with E-state index in [-0.39, 0.29) is 47.8 Å². The summed E-state index contributed by atoms with van der Waals surface area (Å²) < 4.78 is 30.8. The third kappa shape index (κ3) is 7.16. The van der Waals surface area contributed by atoms with Gasteiger partial charge in [-0.1, -0.05) is 25.1 Å². The minimum Gasteiger partial charge on any atom is -0.396 e. The largest absolute Gasteiger partial charge is 0.396 e. The smallest absolute Gasteiger partial charge is 0.191 e. The van der Waals surface area contributed by atoms with Crippen LogP contribution in [0.25, 0.3) is 0 Å². The Balaban J connectivity index is 0.00000392. The maximum Gasteiger partial charge on any atom is 0.191 e. The molecule has 0 saturated carbocycles. The van der Waals surface area contributed by atoms with Crippen molar-refractivity contribution in [1.82, 2.24) is 10.6 Å². The van der Waals surface area contributed by atoms with Gasteiger partial charge in [0, 0.05) is 38.3 Å². The third-order valence-electron chi connectivity index (χ3n) is 5.04. The van der Waals surface area contributed by atoms with Gasteiger partial charge in [0.05, 0.1) is 17.3 Å². The highest BCUT2D eigenvalue weighted by Crippen LogP contribution is 2.31. The molecule has 1 aliphatic rings. The Kier molecular flexibility index (Phi) is 10.7. The predicted octanol–water partition coefficient (Wildman–Crippen LogP) is 1.81. The van der Waals surface area contributed by atoms with Crippen molar-refractivity contribution in [2.75, 3.05) is 39.2 Å². The molecule has 0 amide bonds. The topological polar surface area (TPSA) is 100 Å². The molecule has 160 valence electrons. The first-order valence-corrected chi connectivity index (χ1v) is 11.0. The van der Waals surface area contributed by atoms with Gasteiger partial charge in [-0.25, -0.2) is 8.42 Å². The SMILES string of the molecule is CCC(CS(=O)(=O)c1ccccc1)NC(=NC)NCC1(CCO)CCOC1.I. The van der Waals surface area contributed by atoms with Crippen molar-refractivity contribution in [1.29, 1.82) is 0 Å². The molecule has 0 spiro atoms. The number of nitrogens with one attached hydrogen (secondary N) is 2. The molecule has 0 aliphatic carbocycles. The van der Waals surface area contributed by atoms with Gasteiger partial charge in [0.1, 0.15) is 0 Å². The summed E-state index contributed by atoms with van der Waals surface area (Å²) in [4.78, 5) is 4.56. The Labute approximate surface area is 185 Å². The molecule has 2 unspecified atom stereocenters. The van der Waals surface area contributed by atoms with Crippen molar-refractivity contribution in [2.45, 2.75) is 37.1 Å². The van der Waals surface area contributed by atoms with Crippen molar-refractivity contribution in [3.05, 3.63) is 30.3 Å². The average molecular weight is 525 g/mol. The van der Waals surface area contributed by atoms with Gasteiger partial charge in [-0.2, -0.15) is 0 Å². The number of nitrogens with zero attached hydrogens (tertiary/aromatic N) is 1. The number of benzene rings is 1. The number of hydrogen-bond acceptors (Lipinski definition) is 5. The number of hydrogen-bond donors (Lipinski definition) is 3. The van der Waals surface area contributed by atoms with E-state index in [0.29, 0.717) is 43.5 Å². The molecule has 1 aromatic carbocycles. The molecule has 0 aromatic heterocycles. The quantitative estimate of drug-likeness (QED) is 0.259. The van der Waals surface area contributed by atoms with E-state index in [1.165, 1.54) is 0 Å². The normalized spacial score (nSPS) is 21.0. The first-order valence-electron chi connectivity index (χ1n) is 9.38. The Morgan fingerprint density at radius 3 is 2.61 bits per heavy atom. The van der Waals surface area contributed by atoms with Gasteiger partial charge in [0.15, 0.2) is 15.8 Å². The molecule has 0 bridgehead atoms. The fourth-order valence-electron chi connectivity index (χ4n) is 3.22. The molecule has 7 nitrogen and oxygen atoms in total. The number of aliphatic hydroxyl groups is 1. The maximum atomic E-state index is 12.6. The van der Waals surface area contributed by atoms with Gasteiger partial charge in [0.2, 0.25) is 0 Å². The number of rotatable bonds is 9. The summed E-state index contributed by atoms with van der Waals surface area (Å²) in [5.41, 5.74) is -0.107. The molecule has 9 heteroatoms. The molecule has 0 radical (unpaired) electrons. The summed E-state index contributed by atoms with van der Waals surface area (Å²) >= 11 is 0. The van der Waals surface area contributed by atoms with Crippen molar-refractivity contribution in [2.24, 2.45) is 10.4 Å². The van der Waals surface area contributed by atoms with E-state index in [0.717, 1.165) is 6.42 Å². The Bertz CT molecular complexity index is 707. The summed E-state index contributed by atoms with van der Waals surface area (Å²) in [6.07, 6.45) is 2.20. The van der Waals surface area contributed by atoms with Crippen molar-refractivity contribution in [3.63, 3.8) is 0 Å². The standard InChI is InChI=1S/C19H31N3O4S.HI/c1-3-16(13-27(24,25)17-7-5-4-6-8-17)22-18(20-2)21-14-19(9-11-23)10-12-26-15-19;/h4-8,16,23H,3,9-15H2,1-2H3,(H2,20,21,22);1H. The molecule has 2 atom stereocenters. The number of sulfone groups is 1. The molecular formula is C19H32IN3O4S. The van der Waals surface area contributed by atoms with Crippen LogP contribution in [0.15, 0.2) is 40.2 Å². The third-order valence-corrected chi connectivity index (χ3v) is 6.87. The second-order valence-corrected chi connectivity index (χ2v) is 9.08. The first-order chi connectivity index (χ1) is 12.9. The molecule has 1 aromatic rings. The zero-order valence-corrected chi connectivity index (χ0v) is 19.7. The first kappa shape index (κ1) is 25.1. The summed E-state index contributed by atoms with van der Waals surface area (Å²) in [5.74, 6) is 0.563. The molecule has 3 N–H and O–H groups in total. The lowest BCUT2D eigenvalue weighted by Gasteiger charge is -2.28. The van der Waals surface area contributed by atoms with Crippen molar-refractivity contribution >= 4 is 39.8 Å². The van der Waals surface area contributed by atoms with Crippen molar-refractivity contribution < 1.29 is 18.3 Å². The predicted molar refractivity (Wildman–Crippen MR) is 122 cm³/mol. The molecule has 1 saturated heterocycles. The number of aliphatic imine (C=N–C) groups is 1. The molecular weight excluding hydrogens is 493 g/mol. The van der Waals surface area contributed by atoms with E-state index in [4.69, 9.17) is 4.74 Å². The molecule has 2 rings (SSSR count). The van der Waals surface area contributed by atoms with E-state index in [2.05, 4.69) is 15.6 Å². The summed E-state index contributed by atoms with van der Waals surface area (Å²) in [5, 5.41) is 15.8. The summed E-state index contributed by atoms with van der Waals surface area (Å²) in [7, 11) is -1.71. The second kappa shape index (κ2) is 11.9. The van der Waals surface area contributed by atoms with Gasteiger partial charge in [-0.3, -0.25) is 4.99 Å². The van der Waals surface area contributed by atoms with Gasteiger partial charge in [-0.05, 0) is 31.4 Å².